The summed E-state index contributed by atoms with van der Waals surface area (Å²) >= 11 is 0. The van der Waals surface area contributed by atoms with Gasteiger partial charge in [0.1, 0.15) is 5.76 Å². The SMILES string of the molecule is Cc1ocnc1CN1CCCC(C(=O)O)C1. The van der Waals surface area contributed by atoms with E-state index in [1.165, 1.54) is 6.39 Å². The Morgan fingerprint density at radius 3 is 3.19 bits per heavy atom. The number of carboxylic acids is 1. The second-order valence-electron chi connectivity index (χ2n) is 4.27. The Labute approximate surface area is 94.1 Å². The van der Waals surface area contributed by atoms with E-state index in [0.29, 0.717) is 13.1 Å². The number of oxazole rings is 1. The Hall–Kier alpha value is -1.36. The van der Waals surface area contributed by atoms with E-state index in [1.54, 1.807) is 0 Å². The standard InChI is InChI=1S/C11H16N2O3/c1-8-10(12-7-16-8)6-13-4-2-3-9(5-13)11(14)15/h7,9H,2-6H2,1H3,(H,14,15). The quantitative estimate of drug-likeness (QED) is 0.837. The topological polar surface area (TPSA) is 66.6 Å². The minimum atomic E-state index is -0.693. The van der Waals surface area contributed by atoms with Gasteiger partial charge in [-0.1, -0.05) is 0 Å². The number of carbonyl (C=O) groups is 1. The fourth-order valence-electron chi connectivity index (χ4n) is 2.09. The highest BCUT2D eigenvalue weighted by atomic mass is 16.4. The molecule has 0 saturated carbocycles. The first-order valence-corrected chi connectivity index (χ1v) is 5.51. The fourth-order valence-corrected chi connectivity index (χ4v) is 2.09. The van der Waals surface area contributed by atoms with Crippen LogP contribution in [0.5, 0.6) is 0 Å². The van der Waals surface area contributed by atoms with Crippen LogP contribution in [0.1, 0.15) is 24.3 Å². The van der Waals surface area contributed by atoms with Crippen LogP contribution in [0.3, 0.4) is 0 Å². The van der Waals surface area contributed by atoms with Crippen molar-refractivity contribution in [1.82, 2.24) is 9.88 Å². The van der Waals surface area contributed by atoms with Gasteiger partial charge in [0.15, 0.2) is 6.39 Å². The molecule has 5 nitrogen and oxygen atoms in total. The number of nitrogens with zero attached hydrogens (tertiary/aromatic N) is 2. The number of likely N-dealkylation sites (tertiary alicyclic amines) is 1. The summed E-state index contributed by atoms with van der Waals surface area (Å²) in [4.78, 5) is 17.2. The molecular weight excluding hydrogens is 208 g/mol. The molecule has 1 N–H and O–H groups in total. The van der Waals surface area contributed by atoms with Crippen LogP contribution in [0.2, 0.25) is 0 Å². The van der Waals surface area contributed by atoms with Crippen LogP contribution in [0.25, 0.3) is 0 Å². The van der Waals surface area contributed by atoms with Gasteiger partial charge < -0.3 is 9.52 Å². The first-order valence-electron chi connectivity index (χ1n) is 5.51. The number of rotatable bonds is 3. The van der Waals surface area contributed by atoms with E-state index in [2.05, 4.69) is 9.88 Å². The summed E-state index contributed by atoms with van der Waals surface area (Å²) in [6.45, 7) is 4.12. The van der Waals surface area contributed by atoms with E-state index in [0.717, 1.165) is 30.8 Å². The van der Waals surface area contributed by atoms with Crippen LogP contribution >= 0.6 is 0 Å². The molecule has 0 aliphatic carbocycles. The highest BCUT2D eigenvalue weighted by molar-refractivity contribution is 5.70. The lowest BCUT2D eigenvalue weighted by Crippen LogP contribution is -2.38. The third kappa shape index (κ3) is 2.41. The minimum Gasteiger partial charge on any atom is -0.481 e. The molecule has 1 saturated heterocycles. The number of aryl methyl sites for hydroxylation is 1. The van der Waals surface area contributed by atoms with Crippen molar-refractivity contribution in [3.63, 3.8) is 0 Å². The number of aliphatic carboxylic acids is 1. The third-order valence-corrected chi connectivity index (χ3v) is 3.07. The molecule has 1 atom stereocenters. The van der Waals surface area contributed by atoms with Crippen LogP contribution in [-0.4, -0.2) is 34.0 Å². The smallest absolute Gasteiger partial charge is 0.307 e. The summed E-state index contributed by atoms with van der Waals surface area (Å²) < 4.78 is 5.13. The lowest BCUT2D eigenvalue weighted by Gasteiger charge is -2.29. The summed E-state index contributed by atoms with van der Waals surface area (Å²) in [6, 6.07) is 0. The molecule has 1 aromatic rings. The maximum absolute atomic E-state index is 10.9. The monoisotopic (exact) mass is 224 g/mol. The molecule has 1 fully saturated rings. The molecular formula is C11H16N2O3. The summed E-state index contributed by atoms with van der Waals surface area (Å²) in [5.41, 5.74) is 0.908. The molecule has 0 aromatic carbocycles. The van der Waals surface area contributed by atoms with Gasteiger partial charge in [-0.3, -0.25) is 9.69 Å². The molecule has 0 spiro atoms. The second kappa shape index (κ2) is 4.65. The molecule has 0 radical (unpaired) electrons. The Kier molecular flexibility index (Phi) is 3.24. The van der Waals surface area contributed by atoms with E-state index in [9.17, 15) is 4.79 Å². The van der Waals surface area contributed by atoms with E-state index in [4.69, 9.17) is 9.52 Å². The van der Waals surface area contributed by atoms with Gasteiger partial charge in [-0.2, -0.15) is 0 Å². The average molecular weight is 224 g/mol. The number of hydrogen-bond donors (Lipinski definition) is 1. The van der Waals surface area contributed by atoms with Crippen LogP contribution in [0.4, 0.5) is 0 Å². The van der Waals surface area contributed by atoms with Gasteiger partial charge >= 0.3 is 5.97 Å². The van der Waals surface area contributed by atoms with Crippen LogP contribution < -0.4 is 0 Å². The predicted molar refractivity (Wildman–Crippen MR) is 56.9 cm³/mol. The molecule has 0 bridgehead atoms. The highest BCUT2D eigenvalue weighted by Crippen LogP contribution is 2.19. The molecule has 5 heteroatoms. The molecule has 2 rings (SSSR count). The van der Waals surface area contributed by atoms with Crippen molar-refractivity contribution in [2.24, 2.45) is 5.92 Å². The first-order chi connectivity index (χ1) is 7.66. The van der Waals surface area contributed by atoms with Gasteiger partial charge in [-0.15, -0.1) is 0 Å². The predicted octanol–water partition coefficient (Wildman–Crippen LogP) is 1.28. The summed E-state index contributed by atoms with van der Waals surface area (Å²) in [7, 11) is 0. The largest absolute Gasteiger partial charge is 0.481 e. The van der Waals surface area contributed by atoms with Gasteiger partial charge in [-0.25, -0.2) is 4.98 Å². The number of carboxylic acid groups (broad SMARTS) is 1. The second-order valence-corrected chi connectivity index (χ2v) is 4.27. The summed E-state index contributed by atoms with van der Waals surface area (Å²) in [5.74, 6) is -0.111. The maximum atomic E-state index is 10.9. The number of hydrogen-bond acceptors (Lipinski definition) is 4. The average Bonchev–Trinajstić information content (AvgIpc) is 2.65. The van der Waals surface area contributed by atoms with Crippen molar-refractivity contribution in [3.05, 3.63) is 17.8 Å². The highest BCUT2D eigenvalue weighted by Gasteiger charge is 2.25. The zero-order chi connectivity index (χ0) is 11.5. The van der Waals surface area contributed by atoms with Crippen molar-refractivity contribution in [3.8, 4) is 0 Å². The van der Waals surface area contributed by atoms with Crippen LogP contribution in [0.15, 0.2) is 10.8 Å². The molecule has 16 heavy (non-hydrogen) atoms. The van der Waals surface area contributed by atoms with E-state index >= 15 is 0 Å². The molecule has 2 heterocycles. The summed E-state index contributed by atoms with van der Waals surface area (Å²) in [6.07, 6.45) is 3.15. The van der Waals surface area contributed by atoms with Gasteiger partial charge in [0.2, 0.25) is 0 Å². The van der Waals surface area contributed by atoms with Gasteiger partial charge in [-0.05, 0) is 26.3 Å². The van der Waals surface area contributed by atoms with Crippen molar-refractivity contribution in [1.29, 1.82) is 0 Å². The molecule has 1 unspecified atom stereocenters. The Morgan fingerprint density at radius 2 is 2.56 bits per heavy atom. The van der Waals surface area contributed by atoms with E-state index < -0.39 is 5.97 Å². The fraction of sp³-hybridized carbons (Fsp3) is 0.636. The maximum Gasteiger partial charge on any atom is 0.307 e. The minimum absolute atomic E-state index is 0.235. The van der Waals surface area contributed by atoms with E-state index in [-0.39, 0.29) is 5.92 Å². The van der Waals surface area contributed by atoms with Crippen LogP contribution in [-0.2, 0) is 11.3 Å². The number of aromatic nitrogens is 1. The van der Waals surface area contributed by atoms with Crippen molar-refractivity contribution in [2.75, 3.05) is 13.1 Å². The lowest BCUT2D eigenvalue weighted by atomic mass is 9.98. The molecule has 1 aliphatic rings. The number of piperidine rings is 1. The Morgan fingerprint density at radius 1 is 1.75 bits per heavy atom. The van der Waals surface area contributed by atoms with Crippen molar-refractivity contribution in [2.45, 2.75) is 26.3 Å². The zero-order valence-electron chi connectivity index (χ0n) is 9.35. The summed E-state index contributed by atoms with van der Waals surface area (Å²) in [5, 5.41) is 8.98. The zero-order valence-corrected chi connectivity index (χ0v) is 9.35. The van der Waals surface area contributed by atoms with Crippen LogP contribution in [0, 0.1) is 12.8 Å². The van der Waals surface area contributed by atoms with Crippen molar-refractivity contribution >= 4 is 5.97 Å². The molecule has 1 aliphatic heterocycles. The molecule has 0 amide bonds. The lowest BCUT2D eigenvalue weighted by molar-refractivity contribution is -0.143. The molecule has 1 aromatic heterocycles. The Balaban J connectivity index is 1.95. The third-order valence-electron chi connectivity index (χ3n) is 3.07. The van der Waals surface area contributed by atoms with Gasteiger partial charge in [0.25, 0.3) is 0 Å². The normalized spacial score (nSPS) is 22.2. The van der Waals surface area contributed by atoms with Gasteiger partial charge in [0.05, 0.1) is 11.6 Å². The van der Waals surface area contributed by atoms with E-state index in [1.807, 2.05) is 6.92 Å². The first kappa shape index (κ1) is 11.1. The molecule has 88 valence electrons. The Bertz CT molecular complexity index is 375. The van der Waals surface area contributed by atoms with Gasteiger partial charge in [0, 0.05) is 13.1 Å². The van der Waals surface area contributed by atoms with Crippen molar-refractivity contribution < 1.29 is 14.3 Å².